The Labute approximate surface area is 143 Å². The number of nitrogens with zero attached hydrogens (tertiary/aromatic N) is 1. The fourth-order valence-corrected chi connectivity index (χ4v) is 2.86. The van der Waals surface area contributed by atoms with Gasteiger partial charge in [0.05, 0.1) is 17.7 Å². The van der Waals surface area contributed by atoms with Gasteiger partial charge in [-0.05, 0) is 48.2 Å². The van der Waals surface area contributed by atoms with Gasteiger partial charge in [0.2, 0.25) is 0 Å². The third-order valence-corrected chi connectivity index (χ3v) is 4.67. The molecule has 0 amide bonds. The number of benzene rings is 2. The van der Waals surface area contributed by atoms with Crippen molar-refractivity contribution < 1.29 is 13.2 Å². The second kappa shape index (κ2) is 7.97. The average molecular weight is 346 g/mol. The topological polar surface area (TPSA) is 67.8 Å². The largest absolute Gasteiger partial charge is 0.494 e. The van der Waals surface area contributed by atoms with E-state index in [2.05, 4.69) is 23.8 Å². The van der Waals surface area contributed by atoms with Gasteiger partial charge in [-0.25, -0.2) is 4.83 Å². The first-order chi connectivity index (χ1) is 11.4. The normalized spacial score (nSPS) is 11.8. The number of nitrogens with one attached hydrogen (secondary N) is 1. The molecule has 128 valence electrons. The molecule has 2 rings (SSSR count). The maximum atomic E-state index is 12.2. The number of hydrogen-bond donors (Lipinski definition) is 1. The maximum absolute atomic E-state index is 12.2. The van der Waals surface area contributed by atoms with E-state index in [0.717, 1.165) is 5.56 Å². The molecule has 0 radical (unpaired) electrons. The van der Waals surface area contributed by atoms with Gasteiger partial charge in [0, 0.05) is 0 Å². The molecule has 24 heavy (non-hydrogen) atoms. The van der Waals surface area contributed by atoms with E-state index >= 15 is 0 Å². The first-order valence-electron chi connectivity index (χ1n) is 7.80. The van der Waals surface area contributed by atoms with E-state index < -0.39 is 10.0 Å². The minimum atomic E-state index is -3.69. The highest BCUT2D eigenvalue weighted by atomic mass is 32.2. The van der Waals surface area contributed by atoms with Crippen LogP contribution in [0.5, 0.6) is 5.75 Å². The van der Waals surface area contributed by atoms with Crippen molar-refractivity contribution in [2.24, 2.45) is 5.10 Å². The molecular formula is C18H22N2O3S. The molecule has 0 atom stereocenters. The lowest BCUT2D eigenvalue weighted by Gasteiger charge is -2.06. The van der Waals surface area contributed by atoms with Gasteiger partial charge in [0.15, 0.2) is 0 Å². The maximum Gasteiger partial charge on any atom is 0.276 e. The molecule has 6 heteroatoms. The summed E-state index contributed by atoms with van der Waals surface area (Å²) >= 11 is 0. The summed E-state index contributed by atoms with van der Waals surface area (Å²) in [6.07, 6.45) is 1.48. The van der Waals surface area contributed by atoms with Crippen molar-refractivity contribution in [2.75, 3.05) is 6.61 Å². The van der Waals surface area contributed by atoms with Gasteiger partial charge in [0.25, 0.3) is 10.0 Å². The number of sulfonamides is 1. The van der Waals surface area contributed by atoms with Crippen molar-refractivity contribution >= 4 is 16.2 Å². The van der Waals surface area contributed by atoms with E-state index in [0.29, 0.717) is 18.3 Å². The summed E-state index contributed by atoms with van der Waals surface area (Å²) in [7, 11) is -3.69. The van der Waals surface area contributed by atoms with Crippen LogP contribution in [-0.4, -0.2) is 21.2 Å². The van der Waals surface area contributed by atoms with Crippen molar-refractivity contribution in [3.05, 3.63) is 59.7 Å². The molecule has 0 aliphatic rings. The fraction of sp³-hybridized carbons (Fsp3) is 0.278. The van der Waals surface area contributed by atoms with Gasteiger partial charge in [-0.3, -0.25) is 0 Å². The molecule has 0 unspecified atom stereocenters. The van der Waals surface area contributed by atoms with E-state index in [1.165, 1.54) is 23.9 Å². The van der Waals surface area contributed by atoms with Gasteiger partial charge >= 0.3 is 0 Å². The molecule has 1 N–H and O–H groups in total. The summed E-state index contributed by atoms with van der Waals surface area (Å²) in [6.45, 7) is 6.64. The van der Waals surface area contributed by atoms with Crippen LogP contribution in [0.3, 0.4) is 0 Å². The van der Waals surface area contributed by atoms with Crippen LogP contribution < -0.4 is 9.57 Å². The predicted molar refractivity (Wildman–Crippen MR) is 96.1 cm³/mol. The molecule has 2 aromatic rings. The van der Waals surface area contributed by atoms with Crippen LogP contribution in [-0.2, 0) is 10.0 Å². The Morgan fingerprint density at radius 1 is 1.08 bits per heavy atom. The summed E-state index contributed by atoms with van der Waals surface area (Å²) in [6, 6.07) is 14.0. The lowest BCUT2D eigenvalue weighted by Crippen LogP contribution is -2.18. The Morgan fingerprint density at radius 2 is 1.71 bits per heavy atom. The van der Waals surface area contributed by atoms with E-state index in [-0.39, 0.29) is 4.90 Å². The van der Waals surface area contributed by atoms with Gasteiger partial charge in [-0.15, -0.1) is 0 Å². The monoisotopic (exact) mass is 346 g/mol. The highest BCUT2D eigenvalue weighted by molar-refractivity contribution is 7.89. The van der Waals surface area contributed by atoms with Crippen molar-refractivity contribution in [1.29, 1.82) is 0 Å². The van der Waals surface area contributed by atoms with Crippen LogP contribution >= 0.6 is 0 Å². The average Bonchev–Trinajstić information content (AvgIpc) is 2.56. The summed E-state index contributed by atoms with van der Waals surface area (Å²) in [5.41, 5.74) is 2.05. The lowest BCUT2D eigenvalue weighted by atomic mass is 10.0. The lowest BCUT2D eigenvalue weighted by molar-refractivity contribution is 0.340. The third-order valence-electron chi connectivity index (χ3n) is 3.43. The number of ether oxygens (including phenoxy) is 1. The number of hydrogen-bond acceptors (Lipinski definition) is 4. The summed E-state index contributed by atoms with van der Waals surface area (Å²) in [5, 5.41) is 3.83. The fourth-order valence-electron chi connectivity index (χ4n) is 2.07. The van der Waals surface area contributed by atoms with Crippen molar-refractivity contribution in [2.45, 2.75) is 31.6 Å². The van der Waals surface area contributed by atoms with Gasteiger partial charge < -0.3 is 4.74 Å². The third kappa shape index (κ3) is 4.83. The van der Waals surface area contributed by atoms with Crippen LogP contribution in [0.2, 0.25) is 0 Å². The second-order valence-electron chi connectivity index (χ2n) is 5.58. The first kappa shape index (κ1) is 18.0. The Hall–Kier alpha value is -2.34. The number of hydrazone groups is 1. The molecular weight excluding hydrogens is 324 g/mol. The molecule has 0 aromatic heterocycles. The van der Waals surface area contributed by atoms with Crippen LogP contribution in [0.1, 0.15) is 37.8 Å². The van der Waals surface area contributed by atoms with E-state index in [4.69, 9.17) is 4.74 Å². The zero-order valence-electron chi connectivity index (χ0n) is 14.1. The summed E-state index contributed by atoms with van der Waals surface area (Å²) < 4.78 is 29.6. The first-order valence-corrected chi connectivity index (χ1v) is 9.28. The van der Waals surface area contributed by atoms with Crippen molar-refractivity contribution in [1.82, 2.24) is 4.83 Å². The van der Waals surface area contributed by atoms with E-state index in [1.807, 2.05) is 31.2 Å². The highest BCUT2D eigenvalue weighted by Crippen LogP contribution is 2.16. The van der Waals surface area contributed by atoms with Crippen LogP contribution in [0.4, 0.5) is 0 Å². The quantitative estimate of drug-likeness (QED) is 0.616. The second-order valence-corrected chi connectivity index (χ2v) is 7.24. The number of rotatable bonds is 7. The molecule has 0 aliphatic heterocycles. The minimum absolute atomic E-state index is 0.137. The SMILES string of the molecule is CCOc1ccc(S(=O)(=O)N/N=C/c2ccc(C(C)C)cc2)cc1. The standard InChI is InChI=1S/C18H22N2O3S/c1-4-23-17-9-11-18(12-10-17)24(21,22)20-19-13-15-5-7-16(8-6-15)14(2)3/h5-14,20H,4H2,1-3H3/b19-13+. The Bertz CT molecular complexity index is 780. The van der Waals surface area contributed by atoms with E-state index in [9.17, 15) is 8.42 Å². The van der Waals surface area contributed by atoms with Crippen LogP contribution in [0.25, 0.3) is 0 Å². The van der Waals surface area contributed by atoms with Gasteiger partial charge in [-0.2, -0.15) is 13.5 Å². The van der Waals surface area contributed by atoms with Gasteiger partial charge in [0.1, 0.15) is 5.75 Å². The molecule has 0 bridgehead atoms. The van der Waals surface area contributed by atoms with Gasteiger partial charge in [-0.1, -0.05) is 38.1 Å². The smallest absolute Gasteiger partial charge is 0.276 e. The zero-order chi connectivity index (χ0) is 17.6. The summed E-state index contributed by atoms with van der Waals surface area (Å²) in [5.74, 6) is 1.08. The molecule has 0 saturated carbocycles. The minimum Gasteiger partial charge on any atom is -0.494 e. The Balaban J connectivity index is 2.03. The highest BCUT2D eigenvalue weighted by Gasteiger charge is 2.12. The summed E-state index contributed by atoms with van der Waals surface area (Å²) in [4.78, 5) is 2.35. The molecule has 5 nitrogen and oxygen atoms in total. The molecule has 2 aromatic carbocycles. The molecule has 0 spiro atoms. The zero-order valence-corrected chi connectivity index (χ0v) is 14.9. The van der Waals surface area contributed by atoms with Crippen LogP contribution in [0.15, 0.2) is 58.5 Å². The van der Waals surface area contributed by atoms with Crippen molar-refractivity contribution in [3.63, 3.8) is 0 Å². The Morgan fingerprint density at radius 3 is 2.25 bits per heavy atom. The molecule has 0 saturated heterocycles. The molecule has 0 fully saturated rings. The molecule has 0 heterocycles. The van der Waals surface area contributed by atoms with Crippen molar-refractivity contribution in [3.8, 4) is 5.75 Å². The predicted octanol–water partition coefficient (Wildman–Crippen LogP) is 3.52. The van der Waals surface area contributed by atoms with E-state index in [1.54, 1.807) is 12.1 Å². The molecule has 0 aliphatic carbocycles. The van der Waals surface area contributed by atoms with Crippen LogP contribution in [0, 0.1) is 0 Å². The Kier molecular flexibility index (Phi) is 5.98.